The highest BCUT2D eigenvalue weighted by Gasteiger charge is 2.35. The number of ether oxygens (including phenoxy) is 2. The van der Waals surface area contributed by atoms with Gasteiger partial charge >= 0.3 is 0 Å². The van der Waals surface area contributed by atoms with E-state index in [1.807, 2.05) is 0 Å². The number of nitrogens with one attached hydrogen (secondary N) is 1. The van der Waals surface area contributed by atoms with Crippen molar-refractivity contribution in [2.24, 2.45) is 0 Å². The van der Waals surface area contributed by atoms with E-state index < -0.39 is 0 Å². The first kappa shape index (κ1) is 39.9. The van der Waals surface area contributed by atoms with Crippen LogP contribution in [-0.4, -0.2) is 37.6 Å². The van der Waals surface area contributed by atoms with Crippen LogP contribution < -0.4 is 14.8 Å². The molecule has 1 atom stereocenters. The van der Waals surface area contributed by atoms with E-state index in [1.165, 1.54) is 23.3 Å². The molecule has 0 aliphatic heterocycles. The van der Waals surface area contributed by atoms with Crippen LogP contribution in [0.25, 0.3) is 10.8 Å². The molecule has 1 heterocycles. The lowest BCUT2D eigenvalue weighted by Crippen LogP contribution is -2.41. The number of allylic oxidation sites excluding steroid dienone is 1. The van der Waals surface area contributed by atoms with E-state index in [2.05, 4.69) is 110 Å². The average molecular weight is 741 g/mol. The lowest BCUT2D eigenvalue weighted by Gasteiger charge is -2.36. The van der Waals surface area contributed by atoms with Crippen molar-refractivity contribution >= 4 is 16.6 Å². The lowest BCUT2D eigenvalue weighted by atomic mass is 9.68. The van der Waals surface area contributed by atoms with Gasteiger partial charge in [0, 0.05) is 47.3 Å². The second kappa shape index (κ2) is 18.7. The van der Waals surface area contributed by atoms with E-state index in [4.69, 9.17) is 14.5 Å². The summed E-state index contributed by atoms with van der Waals surface area (Å²) in [5, 5.41) is 5.93. The standard InChI is InChI=1S/C49H57FN2O3/c1-36(2)51-35-48(28-12-7-13-29-48)47-33-38-32-45(54-3)46(55-4)34-43(38)44(52-47)21-15-31-49(39-16-8-5-9-17-39,40-18-10-6-11-19-40)30-14-20-42(53)27-24-37-22-25-41(50)26-23-37/h5-6,8-12,16-19,22-23,25-26,28,32-34,36,51H,7,13-15,20-21,24,27,29-31,35H2,1-4H3. The van der Waals surface area contributed by atoms with Gasteiger partial charge in [-0.15, -0.1) is 0 Å². The number of hydrogen-bond acceptors (Lipinski definition) is 5. The molecule has 6 heteroatoms. The molecule has 0 bridgehead atoms. The molecule has 0 fully saturated rings. The molecule has 6 rings (SSSR count). The summed E-state index contributed by atoms with van der Waals surface area (Å²) in [6.45, 7) is 5.23. The van der Waals surface area contributed by atoms with Crippen LogP contribution in [0.4, 0.5) is 4.39 Å². The van der Waals surface area contributed by atoms with Crippen molar-refractivity contribution in [3.8, 4) is 11.5 Å². The SMILES string of the molecule is COc1cc2cc(C3(CNC(C)C)C=CCCC3)nc(CCCC(CCCC(=O)CCc3ccc(F)cc3)(c3ccccc3)c3ccccc3)c2cc1OC. The molecule has 4 aromatic carbocycles. The van der Waals surface area contributed by atoms with E-state index in [-0.39, 0.29) is 22.4 Å². The molecule has 1 N–H and O–H groups in total. The van der Waals surface area contributed by atoms with Gasteiger partial charge in [-0.25, -0.2) is 4.39 Å². The zero-order chi connectivity index (χ0) is 38.7. The highest BCUT2D eigenvalue weighted by atomic mass is 19.1. The molecule has 5 nitrogen and oxygen atoms in total. The number of halogens is 1. The molecule has 0 spiro atoms. The van der Waals surface area contributed by atoms with Crippen LogP contribution >= 0.6 is 0 Å². The molecule has 55 heavy (non-hydrogen) atoms. The lowest BCUT2D eigenvalue weighted by molar-refractivity contribution is -0.119. The Labute approximate surface area is 327 Å². The second-order valence-corrected chi connectivity index (χ2v) is 15.6. The molecule has 1 aromatic heterocycles. The maximum absolute atomic E-state index is 13.4. The minimum Gasteiger partial charge on any atom is -0.493 e. The Balaban J connectivity index is 1.32. The Kier molecular flexibility index (Phi) is 13.5. The third-order valence-electron chi connectivity index (χ3n) is 11.5. The molecule has 1 aliphatic rings. The highest BCUT2D eigenvalue weighted by Crippen LogP contribution is 2.43. The Morgan fingerprint density at radius 3 is 2.11 bits per heavy atom. The summed E-state index contributed by atoms with van der Waals surface area (Å²) in [6.07, 6.45) is 13.8. The first-order valence-electron chi connectivity index (χ1n) is 20.1. The number of aromatic nitrogens is 1. The minimum atomic E-state index is -0.289. The third-order valence-corrected chi connectivity index (χ3v) is 11.5. The number of hydrogen-bond donors (Lipinski definition) is 1. The van der Waals surface area contributed by atoms with Gasteiger partial charge in [0.15, 0.2) is 11.5 Å². The summed E-state index contributed by atoms with van der Waals surface area (Å²) in [7, 11) is 3.38. The maximum Gasteiger partial charge on any atom is 0.161 e. The van der Waals surface area contributed by atoms with Crippen LogP contribution in [0.15, 0.2) is 115 Å². The molecular weight excluding hydrogens is 684 g/mol. The highest BCUT2D eigenvalue weighted by molar-refractivity contribution is 5.88. The second-order valence-electron chi connectivity index (χ2n) is 15.6. The van der Waals surface area contributed by atoms with Gasteiger partial charge < -0.3 is 14.8 Å². The number of Topliss-reactive ketones (excluding diaryl/α,β-unsaturated/α-hetero) is 1. The number of aryl methyl sites for hydroxylation is 2. The van der Waals surface area contributed by atoms with Gasteiger partial charge in [0.1, 0.15) is 11.6 Å². The van der Waals surface area contributed by atoms with Crippen molar-refractivity contribution in [1.29, 1.82) is 0 Å². The third kappa shape index (κ3) is 9.71. The molecule has 288 valence electrons. The summed E-state index contributed by atoms with van der Waals surface area (Å²) in [5.74, 6) is 1.40. The number of rotatable bonds is 19. The fourth-order valence-electron chi connectivity index (χ4n) is 8.45. The predicted octanol–water partition coefficient (Wildman–Crippen LogP) is 11.0. The van der Waals surface area contributed by atoms with Gasteiger partial charge in [-0.2, -0.15) is 0 Å². The number of carbonyl (C=O) groups is 1. The summed E-state index contributed by atoms with van der Waals surface area (Å²) in [6, 6.07) is 34.9. The first-order valence-corrected chi connectivity index (χ1v) is 20.1. The fourth-order valence-corrected chi connectivity index (χ4v) is 8.45. The molecule has 5 aromatic rings. The number of pyridine rings is 1. The van der Waals surface area contributed by atoms with Crippen LogP contribution in [0.3, 0.4) is 0 Å². The van der Waals surface area contributed by atoms with Crippen molar-refractivity contribution < 1.29 is 18.7 Å². The van der Waals surface area contributed by atoms with E-state index in [1.54, 1.807) is 26.4 Å². The van der Waals surface area contributed by atoms with Gasteiger partial charge in [0.05, 0.1) is 19.9 Å². The van der Waals surface area contributed by atoms with Gasteiger partial charge in [-0.1, -0.05) is 98.8 Å². The van der Waals surface area contributed by atoms with Crippen molar-refractivity contribution in [2.45, 2.75) is 101 Å². The van der Waals surface area contributed by atoms with Crippen molar-refractivity contribution in [3.05, 3.63) is 149 Å². The smallest absolute Gasteiger partial charge is 0.161 e. The molecular formula is C49H57FN2O3. The predicted molar refractivity (Wildman–Crippen MR) is 223 cm³/mol. The number of ketones is 1. The largest absolute Gasteiger partial charge is 0.493 e. The van der Waals surface area contributed by atoms with Crippen molar-refractivity contribution in [1.82, 2.24) is 10.3 Å². The number of carbonyl (C=O) groups excluding carboxylic acids is 1. The van der Waals surface area contributed by atoms with Crippen LogP contribution in [0.2, 0.25) is 0 Å². The summed E-state index contributed by atoms with van der Waals surface area (Å²) in [5.41, 5.74) is 5.21. The van der Waals surface area contributed by atoms with E-state index >= 15 is 0 Å². The number of nitrogens with zero attached hydrogens (tertiary/aromatic N) is 1. The number of fused-ring (bicyclic) bond motifs is 1. The Bertz CT molecular complexity index is 1990. The van der Waals surface area contributed by atoms with Crippen LogP contribution in [0.1, 0.15) is 99.7 Å². The fraction of sp³-hybridized carbons (Fsp3) is 0.388. The topological polar surface area (TPSA) is 60.5 Å². The number of benzene rings is 4. The normalized spacial score (nSPS) is 15.7. The minimum absolute atomic E-state index is 0.195. The first-order chi connectivity index (χ1) is 26.7. The maximum atomic E-state index is 13.4. The van der Waals surface area contributed by atoms with Gasteiger partial charge in [-0.3, -0.25) is 9.78 Å². The molecule has 0 amide bonds. The molecule has 1 unspecified atom stereocenters. The van der Waals surface area contributed by atoms with Gasteiger partial charge in [-0.05, 0) is 110 Å². The van der Waals surface area contributed by atoms with E-state index in [0.717, 1.165) is 85.6 Å². The molecule has 0 saturated carbocycles. The molecule has 1 aliphatic carbocycles. The molecule has 0 saturated heterocycles. The number of methoxy groups -OCH3 is 2. The Morgan fingerprint density at radius 2 is 1.49 bits per heavy atom. The summed E-state index contributed by atoms with van der Waals surface area (Å²) < 4.78 is 25.0. The van der Waals surface area contributed by atoms with Crippen LogP contribution in [0, 0.1) is 5.82 Å². The van der Waals surface area contributed by atoms with Crippen LogP contribution in [0.5, 0.6) is 11.5 Å². The Hall–Kier alpha value is -4.81. The summed E-state index contributed by atoms with van der Waals surface area (Å²) in [4.78, 5) is 18.8. The zero-order valence-corrected chi connectivity index (χ0v) is 33.1. The van der Waals surface area contributed by atoms with Crippen molar-refractivity contribution in [3.63, 3.8) is 0 Å². The Morgan fingerprint density at radius 1 is 0.836 bits per heavy atom. The summed E-state index contributed by atoms with van der Waals surface area (Å²) >= 11 is 0. The van der Waals surface area contributed by atoms with E-state index in [9.17, 15) is 9.18 Å². The quantitative estimate of drug-likeness (QED) is 0.0854. The van der Waals surface area contributed by atoms with E-state index in [0.29, 0.717) is 36.8 Å². The van der Waals surface area contributed by atoms with Gasteiger partial charge in [0.2, 0.25) is 0 Å². The molecule has 0 radical (unpaired) electrons. The average Bonchev–Trinajstić information content (AvgIpc) is 3.22. The van der Waals surface area contributed by atoms with Crippen molar-refractivity contribution in [2.75, 3.05) is 20.8 Å². The van der Waals surface area contributed by atoms with Crippen LogP contribution in [-0.2, 0) is 28.5 Å². The van der Waals surface area contributed by atoms with Gasteiger partial charge in [0.25, 0.3) is 0 Å². The monoisotopic (exact) mass is 740 g/mol. The zero-order valence-electron chi connectivity index (χ0n) is 33.1.